The van der Waals surface area contributed by atoms with Crippen LogP contribution in [-0.2, 0) is 6.54 Å². The third kappa shape index (κ3) is 2.96. The van der Waals surface area contributed by atoms with Crippen molar-refractivity contribution in [3.8, 4) is 0 Å². The Morgan fingerprint density at radius 3 is 2.81 bits per heavy atom. The molecule has 0 atom stereocenters. The number of carbonyl (C=O) groups is 1. The van der Waals surface area contributed by atoms with E-state index in [1.165, 1.54) is 0 Å². The van der Waals surface area contributed by atoms with Gasteiger partial charge in [-0.3, -0.25) is 4.79 Å². The Morgan fingerprint density at radius 2 is 2.25 bits per heavy atom. The molecular formula is C10H8Br2N2OS. The second-order valence-electron chi connectivity index (χ2n) is 3.12. The monoisotopic (exact) mass is 362 g/mol. The summed E-state index contributed by atoms with van der Waals surface area (Å²) in [5.41, 5.74) is 0.558. The van der Waals surface area contributed by atoms with Gasteiger partial charge in [-0.15, -0.1) is 11.3 Å². The Labute approximate surface area is 114 Å². The average Bonchev–Trinajstić information content (AvgIpc) is 2.84. The predicted octanol–water partition coefficient (Wildman–Crippen LogP) is 3.53. The van der Waals surface area contributed by atoms with E-state index in [-0.39, 0.29) is 5.91 Å². The van der Waals surface area contributed by atoms with Gasteiger partial charge >= 0.3 is 0 Å². The fraction of sp³-hybridized carbons (Fsp3) is 0.100. The average molecular weight is 364 g/mol. The minimum atomic E-state index is -0.102. The number of hydrogen-bond donors (Lipinski definition) is 2. The fourth-order valence-electron chi connectivity index (χ4n) is 1.21. The summed E-state index contributed by atoms with van der Waals surface area (Å²) in [6, 6.07) is 5.71. The zero-order chi connectivity index (χ0) is 11.5. The van der Waals surface area contributed by atoms with Crippen molar-refractivity contribution in [2.24, 2.45) is 0 Å². The fourth-order valence-corrected chi connectivity index (χ4v) is 2.97. The molecule has 2 aromatic rings. The highest BCUT2D eigenvalue weighted by Gasteiger charge is 2.07. The van der Waals surface area contributed by atoms with E-state index in [1.54, 1.807) is 23.6 Å². The van der Waals surface area contributed by atoms with Crippen LogP contribution in [0.4, 0.5) is 0 Å². The summed E-state index contributed by atoms with van der Waals surface area (Å²) in [6.07, 6.45) is 1.73. The lowest BCUT2D eigenvalue weighted by molar-refractivity contribution is 0.0947. The Morgan fingerprint density at radius 1 is 1.44 bits per heavy atom. The Hall–Kier alpha value is -0.590. The largest absolute Gasteiger partial charge is 0.356 e. The van der Waals surface area contributed by atoms with Crippen molar-refractivity contribution in [2.75, 3.05) is 0 Å². The maximum atomic E-state index is 11.7. The molecule has 0 spiro atoms. The number of rotatable bonds is 3. The smallest absolute Gasteiger partial charge is 0.268 e. The Bertz CT molecular complexity index is 506. The van der Waals surface area contributed by atoms with Gasteiger partial charge in [0.25, 0.3) is 5.91 Å². The molecule has 2 heterocycles. The summed E-state index contributed by atoms with van der Waals surface area (Å²) < 4.78 is 1.94. The van der Waals surface area contributed by atoms with Crippen LogP contribution in [0.5, 0.6) is 0 Å². The molecule has 2 N–H and O–H groups in total. The second kappa shape index (κ2) is 5.16. The molecule has 0 radical (unpaired) electrons. The lowest BCUT2D eigenvalue weighted by Gasteiger charge is -2.00. The first-order valence-corrected chi connectivity index (χ1v) is 6.92. The second-order valence-corrected chi connectivity index (χ2v) is 6.58. The van der Waals surface area contributed by atoms with Gasteiger partial charge in [0.2, 0.25) is 0 Å². The van der Waals surface area contributed by atoms with Crippen LogP contribution in [0, 0.1) is 0 Å². The minimum Gasteiger partial charge on any atom is -0.356 e. The highest BCUT2D eigenvalue weighted by Crippen LogP contribution is 2.21. The van der Waals surface area contributed by atoms with E-state index in [4.69, 9.17) is 0 Å². The number of carbonyl (C=O) groups excluding carboxylic acids is 1. The Balaban J connectivity index is 1.93. The molecule has 84 valence electrons. The van der Waals surface area contributed by atoms with Crippen LogP contribution in [0.3, 0.4) is 0 Å². The third-order valence-electron chi connectivity index (χ3n) is 1.94. The zero-order valence-corrected chi connectivity index (χ0v) is 12.1. The molecule has 0 aliphatic rings. The summed E-state index contributed by atoms with van der Waals surface area (Å²) >= 11 is 8.28. The topological polar surface area (TPSA) is 44.9 Å². The van der Waals surface area contributed by atoms with Crippen LogP contribution < -0.4 is 5.32 Å². The van der Waals surface area contributed by atoms with Gasteiger partial charge in [0.05, 0.1) is 10.3 Å². The number of aromatic nitrogens is 1. The molecular weight excluding hydrogens is 356 g/mol. The summed E-state index contributed by atoms with van der Waals surface area (Å²) in [7, 11) is 0. The van der Waals surface area contributed by atoms with Gasteiger partial charge in [-0.05, 0) is 50.1 Å². The highest BCUT2D eigenvalue weighted by atomic mass is 79.9. The van der Waals surface area contributed by atoms with Crippen molar-refractivity contribution in [2.45, 2.75) is 6.54 Å². The number of hydrogen-bond acceptors (Lipinski definition) is 2. The molecule has 0 bridgehead atoms. The summed E-state index contributed by atoms with van der Waals surface area (Å²) in [5.74, 6) is -0.102. The normalized spacial score (nSPS) is 10.4. The summed E-state index contributed by atoms with van der Waals surface area (Å²) in [6.45, 7) is 0.547. The van der Waals surface area contributed by atoms with E-state index >= 15 is 0 Å². The number of nitrogens with one attached hydrogen (secondary N) is 2. The lowest BCUT2D eigenvalue weighted by atomic mass is 10.4. The minimum absolute atomic E-state index is 0.102. The molecule has 0 fully saturated rings. The van der Waals surface area contributed by atoms with E-state index < -0.39 is 0 Å². The van der Waals surface area contributed by atoms with Gasteiger partial charge in [0.15, 0.2) is 0 Å². The third-order valence-corrected chi connectivity index (χ3v) is 4.03. The van der Waals surface area contributed by atoms with Crippen LogP contribution in [0.2, 0.25) is 0 Å². The molecule has 0 unspecified atom stereocenters. The van der Waals surface area contributed by atoms with Gasteiger partial charge in [-0.1, -0.05) is 0 Å². The summed E-state index contributed by atoms with van der Waals surface area (Å²) in [5, 5.41) is 2.84. The first-order chi connectivity index (χ1) is 7.65. The van der Waals surface area contributed by atoms with Crippen molar-refractivity contribution in [3.63, 3.8) is 0 Å². The van der Waals surface area contributed by atoms with Crippen LogP contribution in [0.15, 0.2) is 32.7 Å². The van der Waals surface area contributed by atoms with E-state index in [2.05, 4.69) is 42.2 Å². The molecule has 2 rings (SSSR count). The molecule has 0 aromatic carbocycles. The number of amides is 1. The van der Waals surface area contributed by atoms with E-state index in [1.807, 2.05) is 12.1 Å². The molecule has 6 heteroatoms. The van der Waals surface area contributed by atoms with Crippen molar-refractivity contribution >= 4 is 49.1 Å². The van der Waals surface area contributed by atoms with Crippen LogP contribution in [-0.4, -0.2) is 10.9 Å². The van der Waals surface area contributed by atoms with Crippen molar-refractivity contribution in [1.82, 2.24) is 10.3 Å². The Kier molecular flexibility index (Phi) is 3.83. The number of halogens is 2. The first kappa shape index (κ1) is 11.9. The molecule has 0 aliphatic heterocycles. The predicted molar refractivity (Wildman–Crippen MR) is 71.7 cm³/mol. The number of aromatic amines is 1. The van der Waals surface area contributed by atoms with E-state index in [0.717, 1.165) is 13.1 Å². The molecule has 1 amide bonds. The van der Waals surface area contributed by atoms with Gasteiger partial charge in [0.1, 0.15) is 5.69 Å². The van der Waals surface area contributed by atoms with Gasteiger partial charge in [0, 0.05) is 15.5 Å². The van der Waals surface area contributed by atoms with Gasteiger partial charge in [-0.2, -0.15) is 0 Å². The number of thiophene rings is 1. The van der Waals surface area contributed by atoms with Crippen molar-refractivity contribution in [3.05, 3.63) is 43.2 Å². The maximum absolute atomic E-state index is 11.7. The van der Waals surface area contributed by atoms with Crippen LogP contribution >= 0.6 is 43.2 Å². The highest BCUT2D eigenvalue weighted by molar-refractivity contribution is 9.11. The molecule has 2 aromatic heterocycles. The molecule has 0 aliphatic carbocycles. The van der Waals surface area contributed by atoms with Crippen LogP contribution in [0.25, 0.3) is 0 Å². The summed E-state index contributed by atoms with van der Waals surface area (Å²) in [4.78, 5) is 15.7. The first-order valence-electron chi connectivity index (χ1n) is 4.51. The quantitative estimate of drug-likeness (QED) is 0.860. The molecule has 0 saturated carbocycles. The van der Waals surface area contributed by atoms with Gasteiger partial charge < -0.3 is 10.3 Å². The van der Waals surface area contributed by atoms with E-state index in [9.17, 15) is 4.79 Å². The standard InChI is InChI=1S/C10H8Br2N2OS/c11-6-3-8(13-4-6)10(15)14-5-7-1-2-9(12)16-7/h1-4,13H,5H2,(H,14,15). The zero-order valence-electron chi connectivity index (χ0n) is 8.09. The number of H-pyrrole nitrogens is 1. The van der Waals surface area contributed by atoms with E-state index in [0.29, 0.717) is 12.2 Å². The molecule has 0 saturated heterocycles. The van der Waals surface area contributed by atoms with Crippen molar-refractivity contribution in [1.29, 1.82) is 0 Å². The van der Waals surface area contributed by atoms with Gasteiger partial charge in [-0.25, -0.2) is 0 Å². The van der Waals surface area contributed by atoms with Crippen molar-refractivity contribution < 1.29 is 4.79 Å². The molecule has 3 nitrogen and oxygen atoms in total. The molecule has 16 heavy (non-hydrogen) atoms. The lowest BCUT2D eigenvalue weighted by Crippen LogP contribution is -2.22. The van der Waals surface area contributed by atoms with Crippen LogP contribution in [0.1, 0.15) is 15.4 Å². The maximum Gasteiger partial charge on any atom is 0.268 e. The SMILES string of the molecule is O=C(NCc1ccc(Br)s1)c1cc(Br)c[nH]1.